The third kappa shape index (κ3) is 3.22. The first-order valence-electron chi connectivity index (χ1n) is 3.28. The maximum atomic E-state index is 11.0. The van der Waals surface area contributed by atoms with Crippen molar-refractivity contribution in [3.63, 3.8) is 0 Å². The molecule has 1 aliphatic rings. The maximum Gasteiger partial charge on any atom is 1.00 e. The van der Waals surface area contributed by atoms with Gasteiger partial charge in [-0.2, -0.15) is 11.5 Å². The number of nitriles is 1. The largest absolute Gasteiger partial charge is 1.00 e. The fourth-order valence-corrected chi connectivity index (χ4v) is 0.773. The van der Waals surface area contributed by atoms with Gasteiger partial charge < -0.3 is 5.32 Å². The van der Waals surface area contributed by atoms with Crippen LogP contribution in [0.15, 0.2) is 23.9 Å². The molecule has 0 aromatic rings. The number of Topliss-reactive ketones (excluding diaryl/α,β-unsaturated/α-hetero) is 1. The van der Waals surface area contributed by atoms with Crippen LogP contribution < -0.4 is 29.6 Å². The zero-order valence-electron chi connectivity index (χ0n) is 6.95. The van der Waals surface area contributed by atoms with Crippen LogP contribution in [0, 0.1) is 11.3 Å². The van der Waals surface area contributed by atoms with Gasteiger partial charge in [0.05, 0.1) is 12.5 Å². The Labute approximate surface area is 93.4 Å². The third-order valence-electron chi connectivity index (χ3n) is 1.30. The van der Waals surface area contributed by atoms with Gasteiger partial charge in [-0.05, 0) is 5.57 Å². The molecule has 0 bridgehead atoms. The second-order valence-electron chi connectivity index (χ2n) is 2.11. The first-order valence-corrected chi connectivity index (χ1v) is 3.28. The van der Waals surface area contributed by atoms with E-state index < -0.39 is 0 Å². The van der Waals surface area contributed by atoms with E-state index in [1.54, 1.807) is 18.2 Å². The SMILES string of the molecule is N#CCC(=O)C1=C[N-]CC=C1.[Na+]. The minimum atomic E-state index is -0.160. The summed E-state index contributed by atoms with van der Waals surface area (Å²) in [5.74, 6) is -0.160. The third-order valence-corrected chi connectivity index (χ3v) is 1.30. The molecule has 0 radical (unpaired) electrons. The first kappa shape index (κ1) is 11.4. The summed E-state index contributed by atoms with van der Waals surface area (Å²) in [6.45, 7) is 0.628. The molecule has 56 valence electrons. The summed E-state index contributed by atoms with van der Waals surface area (Å²) in [6, 6.07) is 1.80. The molecule has 1 aliphatic heterocycles. The monoisotopic (exact) mass is 170 g/mol. The molecule has 0 saturated carbocycles. The number of allylic oxidation sites excluding steroid dienone is 2. The van der Waals surface area contributed by atoms with Crippen molar-refractivity contribution in [2.45, 2.75) is 6.42 Å². The summed E-state index contributed by atoms with van der Waals surface area (Å²) >= 11 is 0. The van der Waals surface area contributed by atoms with Crippen LogP contribution >= 0.6 is 0 Å². The van der Waals surface area contributed by atoms with Crippen molar-refractivity contribution in [1.82, 2.24) is 0 Å². The van der Waals surface area contributed by atoms with Crippen molar-refractivity contribution in [2.75, 3.05) is 6.54 Å². The molecule has 4 heteroatoms. The van der Waals surface area contributed by atoms with Gasteiger partial charge in [-0.3, -0.25) is 4.79 Å². The Hall–Kier alpha value is -0.560. The fraction of sp³-hybridized carbons (Fsp3) is 0.250. The van der Waals surface area contributed by atoms with Crippen molar-refractivity contribution in [1.29, 1.82) is 5.26 Å². The first-order chi connectivity index (χ1) is 5.34. The van der Waals surface area contributed by atoms with Gasteiger partial charge in [0.1, 0.15) is 0 Å². The second kappa shape index (κ2) is 6.01. The molecular weight excluding hydrogens is 163 g/mol. The van der Waals surface area contributed by atoms with E-state index in [1.807, 2.05) is 0 Å². The van der Waals surface area contributed by atoms with E-state index in [9.17, 15) is 4.79 Å². The van der Waals surface area contributed by atoms with Crippen molar-refractivity contribution >= 4 is 5.78 Å². The molecule has 0 aromatic carbocycles. The van der Waals surface area contributed by atoms with E-state index in [1.165, 1.54) is 6.20 Å². The van der Waals surface area contributed by atoms with E-state index in [-0.39, 0.29) is 41.8 Å². The van der Waals surface area contributed by atoms with Gasteiger partial charge >= 0.3 is 29.6 Å². The van der Waals surface area contributed by atoms with Gasteiger partial charge in [-0.1, -0.05) is 6.08 Å². The standard InChI is InChI=1S/C8H8N2O.Na/c9-4-3-8(11)7-2-1-5-10-6-7;/h1-2,6H,3,5H2,(H,10,11);/q;+1/p-1. The Bertz CT molecular complexity index is 263. The predicted octanol–water partition coefficient (Wildman–Crippen LogP) is -1.70. The number of carbonyl (C=O) groups excluding carboxylic acids is 1. The molecule has 3 nitrogen and oxygen atoms in total. The molecule has 0 fully saturated rings. The average molecular weight is 170 g/mol. The zero-order valence-corrected chi connectivity index (χ0v) is 8.95. The molecule has 0 amide bonds. The van der Waals surface area contributed by atoms with Gasteiger partial charge in [0.25, 0.3) is 0 Å². The van der Waals surface area contributed by atoms with Crippen LogP contribution in [0.5, 0.6) is 0 Å². The summed E-state index contributed by atoms with van der Waals surface area (Å²) in [5.41, 5.74) is 0.526. The number of hydrogen-bond acceptors (Lipinski definition) is 2. The van der Waals surface area contributed by atoms with Crippen LogP contribution in [-0.4, -0.2) is 12.3 Å². The van der Waals surface area contributed by atoms with Gasteiger partial charge in [0.15, 0.2) is 5.78 Å². The molecule has 0 unspecified atom stereocenters. The van der Waals surface area contributed by atoms with Crippen molar-refractivity contribution in [3.05, 3.63) is 29.2 Å². The molecule has 0 saturated heterocycles. The zero-order chi connectivity index (χ0) is 8.10. The summed E-state index contributed by atoms with van der Waals surface area (Å²) in [5, 5.41) is 12.1. The quantitative estimate of drug-likeness (QED) is 0.464. The summed E-state index contributed by atoms with van der Waals surface area (Å²) in [4.78, 5) is 11.0. The smallest absolute Gasteiger partial charge is 0.687 e. The van der Waals surface area contributed by atoms with Crippen LogP contribution in [0.25, 0.3) is 5.32 Å². The van der Waals surface area contributed by atoms with E-state index in [0.29, 0.717) is 12.1 Å². The molecule has 0 aromatic heterocycles. The fourth-order valence-electron chi connectivity index (χ4n) is 0.773. The van der Waals surface area contributed by atoms with E-state index >= 15 is 0 Å². The van der Waals surface area contributed by atoms with Crippen LogP contribution in [0.2, 0.25) is 0 Å². The number of ketones is 1. The normalized spacial score (nSPS) is 13.4. The van der Waals surface area contributed by atoms with Crippen LogP contribution in [0.4, 0.5) is 0 Å². The Balaban J connectivity index is 0.00000121. The van der Waals surface area contributed by atoms with Crippen molar-refractivity contribution in [3.8, 4) is 6.07 Å². The molecule has 0 N–H and O–H groups in total. The summed E-state index contributed by atoms with van der Waals surface area (Å²) in [7, 11) is 0. The van der Waals surface area contributed by atoms with E-state index in [2.05, 4.69) is 5.32 Å². The summed E-state index contributed by atoms with van der Waals surface area (Å²) < 4.78 is 0. The second-order valence-corrected chi connectivity index (χ2v) is 2.11. The minimum Gasteiger partial charge on any atom is -0.687 e. The number of carbonyl (C=O) groups is 1. The molecule has 12 heavy (non-hydrogen) atoms. The van der Waals surface area contributed by atoms with Crippen molar-refractivity contribution in [2.24, 2.45) is 0 Å². The topological polar surface area (TPSA) is 55.0 Å². The van der Waals surface area contributed by atoms with E-state index in [0.717, 1.165) is 0 Å². The molecular formula is C8H7N2NaO. The minimum absolute atomic E-state index is 0. The van der Waals surface area contributed by atoms with Gasteiger partial charge in [0.2, 0.25) is 0 Å². The van der Waals surface area contributed by atoms with E-state index in [4.69, 9.17) is 5.26 Å². The summed E-state index contributed by atoms with van der Waals surface area (Å²) in [6.07, 6.45) is 4.95. The number of rotatable bonds is 2. The van der Waals surface area contributed by atoms with Crippen LogP contribution in [0.1, 0.15) is 6.42 Å². The van der Waals surface area contributed by atoms with Crippen LogP contribution in [0.3, 0.4) is 0 Å². The predicted molar refractivity (Wildman–Crippen MR) is 40.7 cm³/mol. The van der Waals surface area contributed by atoms with Gasteiger partial charge in [0, 0.05) is 0 Å². The molecule has 1 rings (SSSR count). The Kier molecular flexibility index (Phi) is 5.73. The Morgan fingerprint density at radius 2 is 2.50 bits per heavy atom. The van der Waals surface area contributed by atoms with Crippen molar-refractivity contribution < 1.29 is 34.4 Å². The van der Waals surface area contributed by atoms with Crippen LogP contribution in [-0.2, 0) is 4.79 Å². The molecule has 0 aliphatic carbocycles. The van der Waals surface area contributed by atoms with Gasteiger partial charge in [-0.25, -0.2) is 0 Å². The maximum absolute atomic E-state index is 11.0. The molecule has 0 atom stereocenters. The number of nitrogens with zero attached hydrogens (tertiary/aromatic N) is 2. The number of hydrogen-bond donors (Lipinski definition) is 0. The average Bonchev–Trinajstić information content (AvgIpc) is 2.07. The molecule has 1 heterocycles. The molecule has 0 spiro atoms. The Morgan fingerprint density at radius 1 is 1.75 bits per heavy atom. The Morgan fingerprint density at radius 3 is 3.00 bits per heavy atom. The van der Waals surface area contributed by atoms with Gasteiger partial charge in [-0.15, -0.1) is 12.6 Å².